The minimum atomic E-state index is -0.165. The number of hydrogen-bond acceptors (Lipinski definition) is 4. The lowest BCUT2D eigenvalue weighted by atomic mass is 9.95. The van der Waals surface area contributed by atoms with Crippen molar-refractivity contribution >= 4 is 5.69 Å². The third-order valence-electron chi connectivity index (χ3n) is 2.95. The summed E-state index contributed by atoms with van der Waals surface area (Å²) in [7, 11) is 0. The monoisotopic (exact) mass is 260 g/mol. The van der Waals surface area contributed by atoms with Crippen LogP contribution in [0.2, 0.25) is 0 Å². The Bertz CT molecular complexity index is 548. The Morgan fingerprint density at radius 3 is 2.68 bits per heavy atom. The van der Waals surface area contributed by atoms with Gasteiger partial charge in [-0.2, -0.15) is 5.10 Å². The molecule has 0 unspecified atom stereocenters. The maximum atomic E-state index is 9.29. The summed E-state index contributed by atoms with van der Waals surface area (Å²) in [6, 6.07) is 7.91. The van der Waals surface area contributed by atoms with Gasteiger partial charge in [0.1, 0.15) is 5.82 Å². The van der Waals surface area contributed by atoms with Gasteiger partial charge in [-0.05, 0) is 19.1 Å². The molecule has 0 radical (unpaired) electrons. The lowest BCUT2D eigenvalue weighted by Gasteiger charge is -2.23. The first-order valence-electron chi connectivity index (χ1n) is 6.35. The van der Waals surface area contributed by atoms with E-state index in [0.717, 1.165) is 17.1 Å². The van der Waals surface area contributed by atoms with Crippen LogP contribution in [0.25, 0.3) is 11.4 Å². The van der Waals surface area contributed by atoms with Gasteiger partial charge in [0.05, 0.1) is 0 Å². The highest BCUT2D eigenvalue weighted by Crippen LogP contribution is 2.26. The molecule has 5 nitrogen and oxygen atoms in total. The summed E-state index contributed by atoms with van der Waals surface area (Å²) in [6.45, 7) is 6.73. The molecular formula is C14H20N4O. The normalized spacial score (nSPS) is 11.6. The van der Waals surface area contributed by atoms with Crippen LogP contribution in [0, 0.1) is 12.3 Å². The second-order valence-electron chi connectivity index (χ2n) is 5.47. The van der Waals surface area contributed by atoms with Gasteiger partial charge >= 0.3 is 0 Å². The third-order valence-corrected chi connectivity index (χ3v) is 2.95. The van der Waals surface area contributed by atoms with Crippen LogP contribution < -0.4 is 5.32 Å². The first-order chi connectivity index (χ1) is 9.02. The number of rotatable bonds is 5. The van der Waals surface area contributed by atoms with Crippen LogP contribution in [-0.4, -0.2) is 33.4 Å². The average molecular weight is 260 g/mol. The fourth-order valence-electron chi connectivity index (χ4n) is 1.69. The van der Waals surface area contributed by atoms with Gasteiger partial charge in [-0.3, -0.25) is 5.10 Å². The van der Waals surface area contributed by atoms with Gasteiger partial charge in [0, 0.05) is 29.8 Å². The molecule has 102 valence electrons. The Morgan fingerprint density at radius 1 is 1.32 bits per heavy atom. The van der Waals surface area contributed by atoms with Crippen LogP contribution in [0.15, 0.2) is 24.3 Å². The number of nitrogens with zero attached hydrogens (tertiary/aromatic N) is 2. The van der Waals surface area contributed by atoms with Crippen LogP contribution in [-0.2, 0) is 0 Å². The summed E-state index contributed by atoms with van der Waals surface area (Å²) >= 11 is 0. The number of aryl methyl sites for hydroxylation is 1. The van der Waals surface area contributed by atoms with E-state index in [4.69, 9.17) is 0 Å². The molecule has 1 heterocycles. The molecular weight excluding hydrogens is 240 g/mol. The van der Waals surface area contributed by atoms with Crippen LogP contribution in [0.1, 0.15) is 19.7 Å². The van der Waals surface area contributed by atoms with Crippen molar-refractivity contribution in [2.24, 2.45) is 5.41 Å². The molecule has 0 spiro atoms. The highest BCUT2D eigenvalue weighted by molar-refractivity contribution is 5.73. The molecule has 0 aliphatic heterocycles. The van der Waals surface area contributed by atoms with E-state index in [0.29, 0.717) is 12.4 Å². The van der Waals surface area contributed by atoms with Gasteiger partial charge < -0.3 is 10.4 Å². The number of para-hydroxylation sites is 1. The number of hydrogen-bond donors (Lipinski definition) is 3. The summed E-state index contributed by atoms with van der Waals surface area (Å²) in [6.07, 6.45) is 0. The SMILES string of the molecule is Cc1nc(-c2ccccc2NCC(C)(C)CO)n[nH]1. The van der Waals surface area contributed by atoms with Crippen molar-refractivity contribution in [3.8, 4) is 11.4 Å². The van der Waals surface area contributed by atoms with Crippen molar-refractivity contribution in [3.05, 3.63) is 30.1 Å². The van der Waals surface area contributed by atoms with Crippen molar-refractivity contribution in [1.29, 1.82) is 0 Å². The van der Waals surface area contributed by atoms with E-state index in [2.05, 4.69) is 20.5 Å². The summed E-state index contributed by atoms with van der Waals surface area (Å²) in [5.74, 6) is 1.47. The minimum absolute atomic E-state index is 0.141. The topological polar surface area (TPSA) is 73.8 Å². The standard InChI is InChI=1S/C14H20N4O/c1-10-16-13(18-17-10)11-6-4-5-7-12(11)15-8-14(2,3)9-19/h4-7,15,19H,8-9H2,1-3H3,(H,16,17,18). The zero-order chi connectivity index (χ0) is 13.9. The predicted molar refractivity (Wildman–Crippen MR) is 75.9 cm³/mol. The second-order valence-corrected chi connectivity index (χ2v) is 5.47. The fourth-order valence-corrected chi connectivity index (χ4v) is 1.69. The lowest BCUT2D eigenvalue weighted by molar-refractivity contribution is 0.171. The Balaban J connectivity index is 2.22. The maximum Gasteiger partial charge on any atom is 0.183 e. The molecule has 0 bridgehead atoms. The molecule has 1 aromatic carbocycles. The number of aliphatic hydroxyl groups excluding tert-OH is 1. The molecule has 2 aromatic rings. The molecule has 3 N–H and O–H groups in total. The summed E-state index contributed by atoms with van der Waals surface area (Å²) in [5, 5.41) is 19.7. The molecule has 1 aromatic heterocycles. The summed E-state index contributed by atoms with van der Waals surface area (Å²) < 4.78 is 0. The Kier molecular flexibility index (Phi) is 3.85. The highest BCUT2D eigenvalue weighted by Gasteiger charge is 2.17. The first-order valence-corrected chi connectivity index (χ1v) is 6.35. The van der Waals surface area contributed by atoms with E-state index in [9.17, 15) is 5.11 Å². The van der Waals surface area contributed by atoms with E-state index >= 15 is 0 Å². The number of aromatic amines is 1. The number of aromatic nitrogens is 3. The molecule has 0 saturated heterocycles. The van der Waals surface area contributed by atoms with Gasteiger partial charge in [-0.25, -0.2) is 4.98 Å². The number of benzene rings is 1. The molecule has 0 aliphatic rings. The van der Waals surface area contributed by atoms with E-state index in [1.807, 2.05) is 45.0 Å². The smallest absolute Gasteiger partial charge is 0.183 e. The van der Waals surface area contributed by atoms with Crippen molar-refractivity contribution in [2.75, 3.05) is 18.5 Å². The fraction of sp³-hybridized carbons (Fsp3) is 0.429. The van der Waals surface area contributed by atoms with Gasteiger partial charge in [-0.1, -0.05) is 26.0 Å². The second kappa shape index (κ2) is 5.40. The number of anilines is 1. The van der Waals surface area contributed by atoms with Gasteiger partial charge in [-0.15, -0.1) is 0 Å². The molecule has 5 heteroatoms. The Morgan fingerprint density at radius 2 is 2.05 bits per heavy atom. The molecule has 0 amide bonds. The summed E-state index contributed by atoms with van der Waals surface area (Å²) in [4.78, 5) is 4.35. The Labute approximate surface area is 113 Å². The van der Waals surface area contributed by atoms with Crippen molar-refractivity contribution in [1.82, 2.24) is 15.2 Å². The Hall–Kier alpha value is -1.88. The van der Waals surface area contributed by atoms with Crippen LogP contribution in [0.5, 0.6) is 0 Å². The number of nitrogens with one attached hydrogen (secondary N) is 2. The molecule has 0 atom stereocenters. The third kappa shape index (κ3) is 3.32. The van der Waals surface area contributed by atoms with Crippen molar-refractivity contribution in [2.45, 2.75) is 20.8 Å². The molecule has 0 saturated carbocycles. The predicted octanol–water partition coefficient (Wildman–Crippen LogP) is 2.21. The first kappa shape index (κ1) is 13.5. The lowest BCUT2D eigenvalue weighted by Crippen LogP contribution is -2.26. The number of H-pyrrole nitrogens is 1. The van der Waals surface area contributed by atoms with Crippen molar-refractivity contribution < 1.29 is 5.11 Å². The van der Waals surface area contributed by atoms with E-state index in [-0.39, 0.29) is 12.0 Å². The summed E-state index contributed by atoms with van der Waals surface area (Å²) in [5.41, 5.74) is 1.77. The minimum Gasteiger partial charge on any atom is -0.396 e. The van der Waals surface area contributed by atoms with Gasteiger partial charge in [0.2, 0.25) is 0 Å². The van der Waals surface area contributed by atoms with E-state index < -0.39 is 0 Å². The van der Waals surface area contributed by atoms with Crippen molar-refractivity contribution in [3.63, 3.8) is 0 Å². The maximum absolute atomic E-state index is 9.29. The van der Waals surface area contributed by atoms with Crippen LogP contribution in [0.4, 0.5) is 5.69 Å². The molecule has 0 fully saturated rings. The largest absolute Gasteiger partial charge is 0.396 e. The van der Waals surface area contributed by atoms with E-state index in [1.165, 1.54) is 0 Å². The van der Waals surface area contributed by atoms with Gasteiger partial charge in [0.15, 0.2) is 5.82 Å². The van der Waals surface area contributed by atoms with Gasteiger partial charge in [0.25, 0.3) is 0 Å². The quantitative estimate of drug-likeness (QED) is 0.770. The van der Waals surface area contributed by atoms with Crippen LogP contribution in [0.3, 0.4) is 0 Å². The zero-order valence-corrected chi connectivity index (χ0v) is 11.6. The number of aliphatic hydroxyl groups is 1. The van der Waals surface area contributed by atoms with Crippen LogP contribution >= 0.6 is 0 Å². The molecule has 0 aliphatic carbocycles. The molecule has 2 rings (SSSR count). The van der Waals surface area contributed by atoms with E-state index in [1.54, 1.807) is 0 Å². The molecule has 19 heavy (non-hydrogen) atoms. The average Bonchev–Trinajstić information content (AvgIpc) is 2.83. The zero-order valence-electron chi connectivity index (χ0n) is 11.6. The highest BCUT2D eigenvalue weighted by atomic mass is 16.3.